The maximum atomic E-state index is 12.6. The van der Waals surface area contributed by atoms with E-state index in [-0.39, 0.29) is 11.8 Å². The van der Waals surface area contributed by atoms with Crippen LogP contribution in [0, 0.1) is 11.3 Å². The van der Waals surface area contributed by atoms with Crippen LogP contribution in [-0.2, 0) is 16.0 Å². The highest BCUT2D eigenvalue weighted by Crippen LogP contribution is 2.42. The van der Waals surface area contributed by atoms with Crippen LogP contribution in [0.2, 0.25) is 0 Å². The van der Waals surface area contributed by atoms with Crippen molar-refractivity contribution >= 4 is 11.9 Å². The standard InChI is InChI=1S/C18H24N2O3/c1-19-11-15-12-20(9-5-8-18(15,13-19)17(22)23)16(21)10-14-6-3-2-4-7-14/h2-4,6-7,15H,5,8-13H2,1H3,(H,22,23)/t15-,18+/m0/s1. The summed E-state index contributed by atoms with van der Waals surface area (Å²) in [5, 5.41) is 9.77. The van der Waals surface area contributed by atoms with Crippen molar-refractivity contribution in [3.63, 3.8) is 0 Å². The molecule has 5 heteroatoms. The van der Waals surface area contributed by atoms with Gasteiger partial charge in [0.2, 0.25) is 5.91 Å². The Labute approximate surface area is 136 Å². The summed E-state index contributed by atoms with van der Waals surface area (Å²) in [5.74, 6) is -0.580. The van der Waals surface area contributed by atoms with Crippen LogP contribution in [0.5, 0.6) is 0 Å². The Balaban J connectivity index is 1.73. The lowest BCUT2D eigenvalue weighted by atomic mass is 9.75. The summed E-state index contributed by atoms with van der Waals surface area (Å²) in [7, 11) is 1.97. The first kappa shape index (κ1) is 16.0. The number of aliphatic carboxylic acids is 1. The third kappa shape index (κ3) is 3.11. The summed E-state index contributed by atoms with van der Waals surface area (Å²) < 4.78 is 0. The molecule has 0 saturated carbocycles. The lowest BCUT2D eigenvalue weighted by molar-refractivity contribution is -0.151. The number of rotatable bonds is 3. The molecule has 2 atom stereocenters. The molecule has 2 saturated heterocycles. The molecule has 0 bridgehead atoms. The maximum absolute atomic E-state index is 12.6. The minimum absolute atomic E-state index is 0.0206. The second kappa shape index (κ2) is 6.32. The van der Waals surface area contributed by atoms with E-state index in [4.69, 9.17) is 0 Å². The van der Waals surface area contributed by atoms with Crippen molar-refractivity contribution in [2.45, 2.75) is 19.3 Å². The van der Waals surface area contributed by atoms with Gasteiger partial charge in [0.25, 0.3) is 0 Å². The molecule has 3 rings (SSSR count). The van der Waals surface area contributed by atoms with Gasteiger partial charge in [-0.15, -0.1) is 0 Å². The zero-order valence-corrected chi connectivity index (χ0v) is 13.6. The SMILES string of the molecule is CN1C[C@H]2CN(C(=O)Cc3ccccc3)CCC[C@@]2(C(=O)O)C1. The molecular weight excluding hydrogens is 292 g/mol. The van der Waals surface area contributed by atoms with E-state index >= 15 is 0 Å². The average molecular weight is 316 g/mol. The molecule has 1 aromatic rings. The minimum Gasteiger partial charge on any atom is -0.481 e. The van der Waals surface area contributed by atoms with Crippen molar-refractivity contribution in [3.05, 3.63) is 35.9 Å². The van der Waals surface area contributed by atoms with Gasteiger partial charge < -0.3 is 14.9 Å². The minimum atomic E-state index is -0.704. The number of carbonyl (C=O) groups excluding carboxylic acids is 1. The molecule has 0 aliphatic carbocycles. The van der Waals surface area contributed by atoms with Gasteiger partial charge in [0.15, 0.2) is 0 Å². The topological polar surface area (TPSA) is 60.9 Å². The maximum Gasteiger partial charge on any atom is 0.311 e. The molecule has 2 fully saturated rings. The van der Waals surface area contributed by atoms with Crippen LogP contribution in [0.4, 0.5) is 0 Å². The van der Waals surface area contributed by atoms with Gasteiger partial charge >= 0.3 is 5.97 Å². The summed E-state index contributed by atoms with van der Waals surface area (Å²) in [6.45, 7) is 2.57. The Kier molecular flexibility index (Phi) is 4.39. The molecule has 2 heterocycles. The fourth-order valence-corrected chi connectivity index (χ4v) is 4.14. The van der Waals surface area contributed by atoms with Crippen molar-refractivity contribution in [2.75, 3.05) is 33.2 Å². The summed E-state index contributed by atoms with van der Waals surface area (Å²) >= 11 is 0. The Morgan fingerprint density at radius 3 is 2.70 bits per heavy atom. The van der Waals surface area contributed by atoms with Crippen LogP contribution in [0.15, 0.2) is 30.3 Å². The summed E-state index contributed by atoms with van der Waals surface area (Å²) in [5.41, 5.74) is 0.325. The number of carboxylic acids is 1. The van der Waals surface area contributed by atoms with Gasteiger partial charge in [-0.05, 0) is 25.5 Å². The highest BCUT2D eigenvalue weighted by Gasteiger charge is 2.52. The number of benzene rings is 1. The summed E-state index contributed by atoms with van der Waals surface area (Å²) in [6.07, 6.45) is 1.81. The number of fused-ring (bicyclic) bond motifs is 1. The quantitative estimate of drug-likeness (QED) is 0.918. The van der Waals surface area contributed by atoms with Crippen molar-refractivity contribution in [1.82, 2.24) is 9.80 Å². The van der Waals surface area contributed by atoms with Gasteiger partial charge in [-0.3, -0.25) is 9.59 Å². The molecule has 0 spiro atoms. The largest absolute Gasteiger partial charge is 0.481 e. The van der Waals surface area contributed by atoms with Crippen molar-refractivity contribution in [1.29, 1.82) is 0 Å². The molecular formula is C18H24N2O3. The lowest BCUT2D eigenvalue weighted by Crippen LogP contribution is -2.43. The number of nitrogens with zero attached hydrogens (tertiary/aromatic N) is 2. The number of likely N-dealkylation sites (tertiary alicyclic amines) is 2. The van der Waals surface area contributed by atoms with Gasteiger partial charge in [0.05, 0.1) is 11.8 Å². The Hall–Kier alpha value is -1.88. The van der Waals surface area contributed by atoms with Crippen molar-refractivity contribution < 1.29 is 14.7 Å². The van der Waals surface area contributed by atoms with E-state index in [2.05, 4.69) is 4.90 Å². The normalized spacial score (nSPS) is 28.2. The van der Waals surface area contributed by atoms with Crippen molar-refractivity contribution in [2.24, 2.45) is 11.3 Å². The first-order valence-electron chi connectivity index (χ1n) is 8.25. The second-order valence-corrected chi connectivity index (χ2v) is 6.96. The Morgan fingerprint density at radius 1 is 1.26 bits per heavy atom. The van der Waals surface area contributed by atoms with Crippen LogP contribution >= 0.6 is 0 Å². The fourth-order valence-electron chi connectivity index (χ4n) is 4.14. The second-order valence-electron chi connectivity index (χ2n) is 6.96. The predicted molar refractivity (Wildman–Crippen MR) is 87.0 cm³/mol. The summed E-state index contributed by atoms with van der Waals surface area (Å²) in [4.78, 5) is 28.5. The van der Waals surface area contributed by atoms with Gasteiger partial charge in [-0.25, -0.2) is 0 Å². The van der Waals surface area contributed by atoms with E-state index in [0.717, 1.165) is 18.5 Å². The molecule has 1 amide bonds. The Bertz CT molecular complexity index is 589. The molecule has 124 valence electrons. The van der Waals surface area contributed by atoms with E-state index in [9.17, 15) is 14.7 Å². The molecule has 0 unspecified atom stereocenters. The molecule has 1 N–H and O–H groups in total. The number of amides is 1. The van der Waals surface area contributed by atoms with Crippen LogP contribution in [0.1, 0.15) is 18.4 Å². The highest BCUT2D eigenvalue weighted by atomic mass is 16.4. The Morgan fingerprint density at radius 2 is 2.00 bits per heavy atom. The molecule has 2 aliphatic rings. The zero-order valence-electron chi connectivity index (χ0n) is 13.6. The number of hydrogen-bond acceptors (Lipinski definition) is 3. The van der Waals surface area contributed by atoms with Gasteiger partial charge in [0, 0.05) is 32.1 Å². The highest BCUT2D eigenvalue weighted by molar-refractivity contribution is 5.80. The van der Waals surface area contributed by atoms with Crippen molar-refractivity contribution in [3.8, 4) is 0 Å². The third-order valence-corrected chi connectivity index (χ3v) is 5.33. The first-order chi connectivity index (χ1) is 11.0. The average Bonchev–Trinajstić information content (AvgIpc) is 2.73. The third-order valence-electron chi connectivity index (χ3n) is 5.33. The number of hydrogen-bond donors (Lipinski definition) is 1. The van der Waals surface area contributed by atoms with Crippen LogP contribution < -0.4 is 0 Å². The summed E-state index contributed by atoms with van der Waals surface area (Å²) in [6, 6.07) is 9.73. The molecule has 0 radical (unpaired) electrons. The first-order valence-corrected chi connectivity index (χ1v) is 8.25. The molecule has 0 aromatic heterocycles. The molecule has 1 aromatic carbocycles. The number of carboxylic acid groups (broad SMARTS) is 1. The van der Waals surface area contributed by atoms with E-state index < -0.39 is 11.4 Å². The van der Waals surface area contributed by atoms with Crippen LogP contribution in [0.25, 0.3) is 0 Å². The monoisotopic (exact) mass is 316 g/mol. The zero-order chi connectivity index (χ0) is 16.4. The van der Waals surface area contributed by atoms with Gasteiger partial charge in [-0.2, -0.15) is 0 Å². The van der Waals surface area contributed by atoms with Crippen LogP contribution in [0.3, 0.4) is 0 Å². The van der Waals surface area contributed by atoms with E-state index in [0.29, 0.717) is 32.5 Å². The molecule has 5 nitrogen and oxygen atoms in total. The lowest BCUT2D eigenvalue weighted by Gasteiger charge is -2.29. The predicted octanol–water partition coefficient (Wildman–Crippen LogP) is 1.48. The molecule has 23 heavy (non-hydrogen) atoms. The molecule has 2 aliphatic heterocycles. The van der Waals surface area contributed by atoms with E-state index in [1.165, 1.54) is 0 Å². The van der Waals surface area contributed by atoms with Gasteiger partial charge in [0.1, 0.15) is 0 Å². The van der Waals surface area contributed by atoms with E-state index in [1.54, 1.807) is 0 Å². The van der Waals surface area contributed by atoms with E-state index in [1.807, 2.05) is 42.3 Å². The number of carbonyl (C=O) groups is 2. The smallest absolute Gasteiger partial charge is 0.311 e. The fraction of sp³-hybridized carbons (Fsp3) is 0.556. The van der Waals surface area contributed by atoms with Crippen LogP contribution in [-0.4, -0.2) is 60.0 Å². The van der Waals surface area contributed by atoms with Gasteiger partial charge in [-0.1, -0.05) is 30.3 Å².